The lowest BCUT2D eigenvalue weighted by molar-refractivity contribution is -0.137. The Morgan fingerprint density at radius 2 is 1.96 bits per heavy atom. The highest BCUT2D eigenvalue weighted by atomic mass is 35.5. The van der Waals surface area contributed by atoms with Gasteiger partial charge in [-0.15, -0.1) is 11.8 Å². The van der Waals surface area contributed by atoms with Gasteiger partial charge in [-0.2, -0.15) is 13.2 Å². The third-order valence-electron chi connectivity index (χ3n) is 3.52. The molecule has 0 aliphatic rings. The molecule has 152 valence electrons. The second-order valence-electron chi connectivity index (χ2n) is 5.72. The van der Waals surface area contributed by atoms with Gasteiger partial charge in [0, 0.05) is 17.9 Å². The van der Waals surface area contributed by atoms with E-state index < -0.39 is 17.6 Å². The van der Waals surface area contributed by atoms with Gasteiger partial charge in [0.25, 0.3) is 0 Å². The fourth-order valence-corrected chi connectivity index (χ4v) is 3.23. The minimum atomic E-state index is -4.52. The first kappa shape index (κ1) is 22.4. The van der Waals surface area contributed by atoms with Gasteiger partial charge < -0.3 is 14.8 Å². The zero-order valence-corrected chi connectivity index (χ0v) is 16.6. The molecule has 0 fully saturated rings. The van der Waals surface area contributed by atoms with E-state index in [0.717, 1.165) is 17.7 Å². The molecular weight excluding hydrogens is 415 g/mol. The maximum Gasteiger partial charge on any atom is 0.416 e. The Morgan fingerprint density at radius 1 is 1.18 bits per heavy atom. The van der Waals surface area contributed by atoms with Crippen LogP contribution >= 0.6 is 23.4 Å². The number of alkyl halides is 3. The first-order valence-corrected chi connectivity index (χ1v) is 9.78. The molecule has 0 aliphatic heterocycles. The zero-order valence-electron chi connectivity index (χ0n) is 15.0. The standard InChI is InChI=1S/C19H19ClF3NO3S/c1-26-7-8-27-17-6-5-14(19(21,22)23)10-16(17)24-18(25)12-28-11-13-3-2-4-15(20)9-13/h2-6,9-10H,7-8,11-12H2,1H3,(H,24,25). The molecule has 0 saturated carbocycles. The molecule has 2 rings (SSSR count). The minimum absolute atomic E-state index is 0.0284. The third-order valence-corrected chi connectivity index (χ3v) is 4.76. The van der Waals surface area contributed by atoms with E-state index >= 15 is 0 Å². The molecule has 1 amide bonds. The quantitative estimate of drug-likeness (QED) is 0.548. The van der Waals surface area contributed by atoms with Crippen molar-refractivity contribution in [2.24, 2.45) is 0 Å². The van der Waals surface area contributed by atoms with Crippen LogP contribution in [0.4, 0.5) is 18.9 Å². The van der Waals surface area contributed by atoms with Crippen LogP contribution in [0.3, 0.4) is 0 Å². The van der Waals surface area contributed by atoms with Crippen LogP contribution in [-0.4, -0.2) is 32.0 Å². The van der Waals surface area contributed by atoms with Crippen molar-refractivity contribution in [3.05, 3.63) is 58.6 Å². The SMILES string of the molecule is COCCOc1ccc(C(F)(F)F)cc1NC(=O)CSCc1cccc(Cl)c1. The van der Waals surface area contributed by atoms with Crippen LogP contribution in [0.1, 0.15) is 11.1 Å². The predicted molar refractivity (Wildman–Crippen MR) is 105 cm³/mol. The van der Waals surface area contributed by atoms with E-state index in [1.165, 1.54) is 24.9 Å². The monoisotopic (exact) mass is 433 g/mol. The van der Waals surface area contributed by atoms with E-state index in [1.807, 2.05) is 12.1 Å². The van der Waals surface area contributed by atoms with Crippen LogP contribution in [0.2, 0.25) is 5.02 Å². The molecular formula is C19H19ClF3NO3S. The molecule has 0 saturated heterocycles. The van der Waals surface area contributed by atoms with Crippen LogP contribution in [0.25, 0.3) is 0 Å². The molecule has 0 atom stereocenters. The van der Waals surface area contributed by atoms with Crippen molar-refractivity contribution in [3.8, 4) is 5.75 Å². The summed E-state index contributed by atoms with van der Waals surface area (Å²) < 4.78 is 49.2. The van der Waals surface area contributed by atoms with Crippen molar-refractivity contribution in [3.63, 3.8) is 0 Å². The van der Waals surface area contributed by atoms with Crippen molar-refractivity contribution >= 4 is 35.0 Å². The summed E-state index contributed by atoms with van der Waals surface area (Å²) >= 11 is 7.24. The minimum Gasteiger partial charge on any atom is -0.489 e. The summed E-state index contributed by atoms with van der Waals surface area (Å²) in [6.45, 7) is 0.415. The highest BCUT2D eigenvalue weighted by Crippen LogP contribution is 2.35. The number of carbonyl (C=O) groups excluding carboxylic acids is 1. The molecule has 0 unspecified atom stereocenters. The number of methoxy groups -OCH3 is 1. The number of ether oxygens (including phenoxy) is 2. The first-order chi connectivity index (χ1) is 13.3. The molecule has 2 aromatic rings. The maximum atomic E-state index is 13.0. The molecule has 28 heavy (non-hydrogen) atoms. The van der Waals surface area contributed by atoms with Crippen LogP contribution in [0, 0.1) is 0 Å². The van der Waals surface area contributed by atoms with Crippen LogP contribution in [-0.2, 0) is 21.5 Å². The van der Waals surface area contributed by atoms with Gasteiger partial charge in [-0.3, -0.25) is 4.79 Å². The van der Waals surface area contributed by atoms with E-state index in [1.54, 1.807) is 12.1 Å². The number of carbonyl (C=O) groups is 1. The van der Waals surface area contributed by atoms with Gasteiger partial charge in [-0.25, -0.2) is 0 Å². The topological polar surface area (TPSA) is 47.6 Å². The van der Waals surface area contributed by atoms with Gasteiger partial charge in [-0.1, -0.05) is 23.7 Å². The molecule has 1 N–H and O–H groups in total. The smallest absolute Gasteiger partial charge is 0.416 e. The van der Waals surface area contributed by atoms with Crippen LogP contribution in [0.5, 0.6) is 5.75 Å². The predicted octanol–water partition coefficient (Wildman–Crippen LogP) is 5.26. The number of amides is 1. The number of hydrogen-bond acceptors (Lipinski definition) is 4. The maximum absolute atomic E-state index is 13.0. The molecule has 0 bridgehead atoms. The van der Waals surface area contributed by atoms with Crippen molar-refractivity contribution < 1.29 is 27.4 Å². The van der Waals surface area contributed by atoms with Crippen LogP contribution in [0.15, 0.2) is 42.5 Å². The molecule has 0 aromatic heterocycles. The van der Waals surface area contributed by atoms with Crippen molar-refractivity contribution in [1.82, 2.24) is 0 Å². The Kier molecular flexibility index (Phi) is 8.47. The molecule has 0 spiro atoms. The normalized spacial score (nSPS) is 11.3. The number of halogens is 4. The summed E-state index contributed by atoms with van der Waals surface area (Å²) in [7, 11) is 1.48. The number of thioether (sulfide) groups is 1. The summed E-state index contributed by atoms with van der Waals surface area (Å²) in [5.74, 6) is 0.342. The second kappa shape index (κ2) is 10.6. The van der Waals surface area contributed by atoms with E-state index in [2.05, 4.69) is 5.32 Å². The van der Waals surface area contributed by atoms with E-state index in [4.69, 9.17) is 21.1 Å². The summed E-state index contributed by atoms with van der Waals surface area (Å²) in [6.07, 6.45) is -4.52. The van der Waals surface area contributed by atoms with Crippen LogP contribution < -0.4 is 10.1 Å². The number of anilines is 1. The van der Waals surface area contributed by atoms with Crippen molar-refractivity contribution in [2.75, 3.05) is 31.4 Å². The van der Waals surface area contributed by atoms with E-state index in [9.17, 15) is 18.0 Å². The molecule has 2 aromatic carbocycles. The molecule has 4 nitrogen and oxygen atoms in total. The molecule has 0 aliphatic carbocycles. The summed E-state index contributed by atoms with van der Waals surface area (Å²) in [6, 6.07) is 10.2. The zero-order chi connectivity index (χ0) is 20.6. The van der Waals surface area contributed by atoms with E-state index in [0.29, 0.717) is 10.8 Å². The lowest BCUT2D eigenvalue weighted by Gasteiger charge is -2.15. The van der Waals surface area contributed by atoms with Gasteiger partial charge in [-0.05, 0) is 35.9 Å². The lowest BCUT2D eigenvalue weighted by Crippen LogP contribution is -2.17. The summed E-state index contributed by atoms with van der Waals surface area (Å²) in [4.78, 5) is 12.2. The summed E-state index contributed by atoms with van der Waals surface area (Å²) in [5, 5.41) is 3.10. The highest BCUT2D eigenvalue weighted by Gasteiger charge is 2.31. The van der Waals surface area contributed by atoms with Gasteiger partial charge in [0.05, 0.1) is 23.6 Å². The Bertz CT molecular complexity index is 802. The Labute approximate surface area is 170 Å². The fraction of sp³-hybridized carbons (Fsp3) is 0.316. The van der Waals surface area contributed by atoms with Gasteiger partial charge >= 0.3 is 6.18 Å². The number of rotatable bonds is 9. The molecule has 0 radical (unpaired) electrons. The van der Waals surface area contributed by atoms with Gasteiger partial charge in [0.1, 0.15) is 12.4 Å². The second-order valence-corrected chi connectivity index (χ2v) is 7.14. The third kappa shape index (κ3) is 7.26. The first-order valence-electron chi connectivity index (χ1n) is 8.24. The number of benzene rings is 2. The van der Waals surface area contributed by atoms with Gasteiger partial charge in [0.2, 0.25) is 5.91 Å². The van der Waals surface area contributed by atoms with E-state index in [-0.39, 0.29) is 30.4 Å². The lowest BCUT2D eigenvalue weighted by atomic mass is 10.1. The molecule has 9 heteroatoms. The van der Waals surface area contributed by atoms with Gasteiger partial charge in [0.15, 0.2) is 0 Å². The summed E-state index contributed by atoms with van der Waals surface area (Å²) in [5.41, 5.74) is 0.0562. The Morgan fingerprint density at radius 3 is 2.64 bits per heavy atom. The van der Waals surface area contributed by atoms with Crippen molar-refractivity contribution in [2.45, 2.75) is 11.9 Å². The highest BCUT2D eigenvalue weighted by molar-refractivity contribution is 7.99. The Balaban J connectivity index is 2.01. The number of hydrogen-bond donors (Lipinski definition) is 1. The average Bonchev–Trinajstić information content (AvgIpc) is 2.62. The Hall–Kier alpha value is -1.90. The number of nitrogens with one attached hydrogen (secondary N) is 1. The fourth-order valence-electron chi connectivity index (χ4n) is 2.24. The van der Waals surface area contributed by atoms with Crippen molar-refractivity contribution in [1.29, 1.82) is 0 Å². The largest absolute Gasteiger partial charge is 0.489 e. The molecule has 0 heterocycles. The average molecular weight is 434 g/mol.